The first-order chi connectivity index (χ1) is 12.3. The molecule has 1 aromatic heterocycles. The number of halogens is 7. The van der Waals surface area contributed by atoms with E-state index in [9.17, 15) is 36.5 Å². The molecule has 27 heavy (non-hydrogen) atoms. The highest BCUT2D eigenvalue weighted by Gasteiger charge is 2.44. The summed E-state index contributed by atoms with van der Waals surface area (Å²) in [6.45, 7) is 1.21. The molecule has 0 aliphatic carbocycles. The Hall–Kier alpha value is -2.37. The maximum absolute atomic E-state index is 13.4. The lowest BCUT2D eigenvalue weighted by molar-refractivity contribution is -0.385. The Morgan fingerprint density at radius 1 is 1.15 bits per heavy atom. The Labute approximate surface area is 156 Å². The monoisotopic (exact) mass is 458 g/mol. The molecule has 0 saturated carbocycles. The Balaban J connectivity index is 2.42. The molecule has 12 heteroatoms. The normalized spacial score (nSPS) is 13.3. The lowest BCUT2D eigenvalue weighted by Gasteiger charge is -2.22. The van der Waals surface area contributed by atoms with Crippen molar-refractivity contribution in [3.05, 3.63) is 61.7 Å². The second kappa shape index (κ2) is 7.33. The molecule has 0 fully saturated rings. The van der Waals surface area contributed by atoms with E-state index in [4.69, 9.17) is 4.74 Å². The van der Waals surface area contributed by atoms with E-state index in [1.54, 1.807) is 0 Å². The average molecular weight is 459 g/mol. The van der Waals surface area contributed by atoms with Crippen LogP contribution in [-0.4, -0.2) is 16.1 Å². The van der Waals surface area contributed by atoms with Crippen LogP contribution in [-0.2, 0) is 6.18 Å². The molecule has 0 N–H and O–H groups in total. The number of ether oxygens (including phenoxy) is 1. The van der Waals surface area contributed by atoms with Crippen LogP contribution in [0.4, 0.5) is 32.0 Å². The molecule has 2 aromatic rings. The summed E-state index contributed by atoms with van der Waals surface area (Å²) in [5.41, 5.74) is -2.32. The van der Waals surface area contributed by atoms with Gasteiger partial charge in [-0.25, -0.2) is 4.98 Å². The van der Waals surface area contributed by atoms with Gasteiger partial charge in [-0.05, 0) is 35.0 Å². The summed E-state index contributed by atoms with van der Waals surface area (Å²) in [7, 11) is 0. The van der Waals surface area contributed by atoms with Gasteiger partial charge in [0.1, 0.15) is 5.69 Å². The first kappa shape index (κ1) is 20.9. The zero-order valence-electron chi connectivity index (χ0n) is 13.2. The topological polar surface area (TPSA) is 65.3 Å². The van der Waals surface area contributed by atoms with Crippen molar-refractivity contribution in [2.45, 2.75) is 25.4 Å². The summed E-state index contributed by atoms with van der Waals surface area (Å²) in [5, 5.41) is 10.8. The van der Waals surface area contributed by atoms with Gasteiger partial charge in [0.05, 0.1) is 15.0 Å². The van der Waals surface area contributed by atoms with Crippen molar-refractivity contribution in [2.24, 2.45) is 0 Å². The number of aryl methyl sites for hydroxylation is 1. The lowest BCUT2D eigenvalue weighted by atomic mass is 10.1. The van der Waals surface area contributed by atoms with Crippen LogP contribution in [0.2, 0.25) is 0 Å². The van der Waals surface area contributed by atoms with E-state index in [0.717, 1.165) is 6.07 Å². The maximum atomic E-state index is 13.4. The molecular weight excluding hydrogens is 450 g/mol. The van der Waals surface area contributed by atoms with Crippen LogP contribution in [0.3, 0.4) is 0 Å². The summed E-state index contributed by atoms with van der Waals surface area (Å²) in [6.07, 6.45) is -12.3. The number of aromatic nitrogens is 1. The second-order valence-electron chi connectivity index (χ2n) is 5.30. The first-order valence-electron chi connectivity index (χ1n) is 7.02. The van der Waals surface area contributed by atoms with Gasteiger partial charge in [-0.2, -0.15) is 26.3 Å². The van der Waals surface area contributed by atoms with Crippen LogP contribution in [0.25, 0.3) is 0 Å². The van der Waals surface area contributed by atoms with E-state index < -0.39 is 46.1 Å². The van der Waals surface area contributed by atoms with Crippen molar-refractivity contribution in [1.29, 1.82) is 0 Å². The third-order valence-corrected chi connectivity index (χ3v) is 3.94. The zero-order valence-corrected chi connectivity index (χ0v) is 14.8. The predicted molar refractivity (Wildman–Crippen MR) is 84.2 cm³/mol. The molecule has 0 spiro atoms. The smallest absolute Gasteiger partial charge is 0.429 e. The Bertz CT molecular complexity index is 852. The fourth-order valence-corrected chi connectivity index (χ4v) is 2.50. The van der Waals surface area contributed by atoms with Gasteiger partial charge < -0.3 is 4.74 Å². The van der Waals surface area contributed by atoms with Gasteiger partial charge in [-0.1, -0.05) is 12.1 Å². The first-order valence-corrected chi connectivity index (χ1v) is 7.82. The minimum absolute atomic E-state index is 0.188. The van der Waals surface area contributed by atoms with Crippen LogP contribution in [0.1, 0.15) is 22.9 Å². The van der Waals surface area contributed by atoms with Crippen molar-refractivity contribution < 1.29 is 36.0 Å². The summed E-state index contributed by atoms with van der Waals surface area (Å²) >= 11 is 2.85. The highest BCUT2D eigenvalue weighted by molar-refractivity contribution is 9.10. The predicted octanol–water partition coefficient (Wildman–Crippen LogP) is 5.76. The summed E-state index contributed by atoms with van der Waals surface area (Å²) in [5.74, 6) is -0.583. The van der Waals surface area contributed by atoms with Crippen molar-refractivity contribution in [2.75, 3.05) is 0 Å². The molecule has 5 nitrogen and oxygen atoms in total. The molecule has 0 radical (unpaired) electrons. The van der Waals surface area contributed by atoms with Gasteiger partial charge in [0.25, 0.3) is 5.69 Å². The van der Waals surface area contributed by atoms with Crippen LogP contribution in [0.15, 0.2) is 34.8 Å². The van der Waals surface area contributed by atoms with Gasteiger partial charge in [-0.3, -0.25) is 10.1 Å². The van der Waals surface area contributed by atoms with E-state index in [1.807, 2.05) is 0 Å². The fraction of sp³-hybridized carbons (Fsp3) is 0.267. The second-order valence-corrected chi connectivity index (χ2v) is 6.15. The Morgan fingerprint density at radius 2 is 1.70 bits per heavy atom. The number of rotatable bonds is 4. The largest absolute Gasteiger partial charge is 0.459 e. The molecular formula is C15H9BrF6N2O3. The molecule has 0 saturated heterocycles. The standard InChI is InChI=1S/C15H9BrF6N2O3/c1-7-11(24(25)26)6-10(16)13(23-7)27-12(15(20,21)22)8-2-4-9(5-3-8)14(17,18)19/h2-6,12H,1H3. The molecule has 146 valence electrons. The highest BCUT2D eigenvalue weighted by Crippen LogP contribution is 2.40. The third-order valence-electron chi connectivity index (χ3n) is 3.37. The maximum Gasteiger partial charge on any atom is 0.429 e. The molecule has 1 atom stereocenters. The number of hydrogen-bond acceptors (Lipinski definition) is 4. The van der Waals surface area contributed by atoms with Crippen LogP contribution < -0.4 is 4.74 Å². The van der Waals surface area contributed by atoms with E-state index in [2.05, 4.69) is 20.9 Å². The molecule has 1 unspecified atom stereocenters. The average Bonchev–Trinajstić information content (AvgIpc) is 2.53. The van der Waals surface area contributed by atoms with E-state index in [0.29, 0.717) is 24.3 Å². The fourth-order valence-electron chi connectivity index (χ4n) is 2.10. The molecule has 1 heterocycles. The number of alkyl halides is 6. The Morgan fingerprint density at radius 3 is 2.15 bits per heavy atom. The lowest BCUT2D eigenvalue weighted by Crippen LogP contribution is -2.26. The summed E-state index contributed by atoms with van der Waals surface area (Å²) in [6, 6.07) is 3.22. The quantitative estimate of drug-likeness (QED) is 0.331. The van der Waals surface area contributed by atoms with Crippen molar-refractivity contribution in [3.8, 4) is 5.88 Å². The van der Waals surface area contributed by atoms with Gasteiger partial charge in [0, 0.05) is 11.6 Å². The molecule has 0 bridgehead atoms. The summed E-state index contributed by atoms with van der Waals surface area (Å²) in [4.78, 5) is 13.7. The summed E-state index contributed by atoms with van der Waals surface area (Å²) < 4.78 is 82.5. The van der Waals surface area contributed by atoms with Crippen LogP contribution in [0.5, 0.6) is 5.88 Å². The minimum atomic E-state index is -4.98. The van der Waals surface area contributed by atoms with Gasteiger partial charge in [0.15, 0.2) is 0 Å². The van der Waals surface area contributed by atoms with Crippen LogP contribution in [0, 0.1) is 17.0 Å². The van der Waals surface area contributed by atoms with E-state index in [1.165, 1.54) is 6.92 Å². The van der Waals surface area contributed by atoms with Crippen LogP contribution >= 0.6 is 15.9 Å². The Kier molecular flexibility index (Phi) is 5.68. The third kappa shape index (κ3) is 4.87. The van der Waals surface area contributed by atoms with Crippen molar-refractivity contribution in [3.63, 3.8) is 0 Å². The number of pyridine rings is 1. The SMILES string of the molecule is Cc1nc(OC(c2ccc(C(F)(F)F)cc2)C(F)(F)F)c(Br)cc1[N+](=O)[O-]. The van der Waals surface area contributed by atoms with E-state index in [-0.39, 0.29) is 10.2 Å². The molecule has 2 rings (SSSR count). The van der Waals surface area contributed by atoms with Gasteiger partial charge >= 0.3 is 12.4 Å². The minimum Gasteiger partial charge on any atom is -0.459 e. The molecule has 1 aromatic carbocycles. The number of nitro groups is 1. The van der Waals surface area contributed by atoms with Gasteiger partial charge in [-0.15, -0.1) is 0 Å². The molecule has 0 aliphatic heterocycles. The molecule has 0 aliphatic rings. The van der Waals surface area contributed by atoms with Crippen molar-refractivity contribution in [1.82, 2.24) is 4.98 Å². The van der Waals surface area contributed by atoms with Gasteiger partial charge in [0.2, 0.25) is 12.0 Å². The zero-order chi connectivity index (χ0) is 20.6. The molecule has 0 amide bonds. The number of hydrogen-bond donors (Lipinski definition) is 0. The van der Waals surface area contributed by atoms with E-state index >= 15 is 0 Å². The number of nitrogens with zero attached hydrogens (tertiary/aromatic N) is 2. The van der Waals surface area contributed by atoms with Crippen molar-refractivity contribution >= 4 is 21.6 Å². The number of benzene rings is 1. The highest BCUT2D eigenvalue weighted by atomic mass is 79.9.